The average molecular weight is 426 g/mol. The molecule has 0 N–H and O–H groups in total. The van der Waals surface area contributed by atoms with Gasteiger partial charge in [0.25, 0.3) is 5.91 Å². The first-order valence-corrected chi connectivity index (χ1v) is 10.4. The van der Waals surface area contributed by atoms with Crippen LogP contribution < -0.4 is 4.90 Å². The molecule has 1 amide bonds. The van der Waals surface area contributed by atoms with Gasteiger partial charge in [-0.05, 0) is 50.8 Å². The fraction of sp³-hybridized carbons (Fsp3) is 0.238. The Hall–Kier alpha value is -2.61. The van der Waals surface area contributed by atoms with Crippen LogP contribution in [0.1, 0.15) is 15.9 Å². The van der Waals surface area contributed by atoms with E-state index in [2.05, 4.69) is 9.97 Å². The van der Waals surface area contributed by atoms with Crippen LogP contribution in [0.2, 0.25) is 5.02 Å². The van der Waals surface area contributed by atoms with Gasteiger partial charge < -0.3 is 4.90 Å². The molecule has 2 aromatic carbocycles. The highest BCUT2D eigenvalue weighted by Gasteiger charge is 2.23. The molecule has 0 fully saturated rings. The molecule has 0 aliphatic carbocycles. The highest BCUT2D eigenvalue weighted by atomic mass is 35.5. The van der Waals surface area contributed by atoms with Gasteiger partial charge in [0.2, 0.25) is 0 Å². The smallest absolute Gasteiger partial charge is 0.260 e. The van der Waals surface area contributed by atoms with Gasteiger partial charge in [-0.3, -0.25) is 19.7 Å². The highest BCUT2D eigenvalue weighted by molar-refractivity contribution is 7.23. The van der Waals surface area contributed by atoms with Crippen molar-refractivity contribution >= 4 is 55.2 Å². The number of anilines is 1. The maximum atomic E-state index is 13.4. The van der Waals surface area contributed by atoms with E-state index in [1.165, 1.54) is 11.3 Å². The Morgan fingerprint density at radius 3 is 2.55 bits per heavy atom. The van der Waals surface area contributed by atoms with Gasteiger partial charge in [0.1, 0.15) is 0 Å². The third-order valence-corrected chi connectivity index (χ3v) is 6.19. The molecule has 0 atom stereocenters. The van der Waals surface area contributed by atoms with Crippen LogP contribution in [-0.4, -0.2) is 52.9 Å². The van der Waals surface area contributed by atoms with Gasteiger partial charge in [-0.15, -0.1) is 0 Å². The van der Waals surface area contributed by atoms with E-state index in [4.69, 9.17) is 16.6 Å². The van der Waals surface area contributed by atoms with Crippen LogP contribution in [0.25, 0.3) is 21.3 Å². The SMILES string of the molecule is Cc1ccc(Cl)c2sc(N(CCN(C)C)C(=O)c3ccc4nccnc4c3)nc12. The number of carbonyl (C=O) groups is 1. The van der Waals surface area contributed by atoms with Crippen LogP contribution in [0.3, 0.4) is 0 Å². The lowest BCUT2D eigenvalue weighted by molar-refractivity contribution is 0.0985. The number of aryl methyl sites for hydroxylation is 1. The van der Waals surface area contributed by atoms with Crippen LogP contribution in [0.15, 0.2) is 42.7 Å². The Morgan fingerprint density at radius 1 is 1.07 bits per heavy atom. The second-order valence-electron chi connectivity index (χ2n) is 7.06. The molecule has 0 unspecified atom stereocenters. The standard InChI is InChI=1S/C21H20ClN5OS/c1-13-4-6-15(22)19-18(13)25-21(29-19)27(11-10-26(2)3)20(28)14-5-7-16-17(12-14)24-9-8-23-16/h4-9,12H,10-11H2,1-3H3. The number of halogens is 1. The first-order chi connectivity index (χ1) is 13.9. The molecule has 0 radical (unpaired) electrons. The maximum Gasteiger partial charge on any atom is 0.260 e. The van der Waals surface area contributed by atoms with Crippen molar-refractivity contribution in [3.63, 3.8) is 0 Å². The lowest BCUT2D eigenvalue weighted by Crippen LogP contribution is -2.36. The van der Waals surface area contributed by atoms with Crippen molar-refractivity contribution in [1.29, 1.82) is 0 Å². The number of carbonyl (C=O) groups excluding carboxylic acids is 1. The average Bonchev–Trinajstić information content (AvgIpc) is 3.17. The van der Waals surface area contributed by atoms with Crippen LogP contribution >= 0.6 is 22.9 Å². The predicted molar refractivity (Wildman–Crippen MR) is 119 cm³/mol. The zero-order valence-corrected chi connectivity index (χ0v) is 18.0. The Bertz CT molecular complexity index is 1170. The third kappa shape index (κ3) is 3.94. The minimum Gasteiger partial charge on any atom is -0.308 e. The molecule has 0 aliphatic heterocycles. The fourth-order valence-corrected chi connectivity index (χ4v) is 4.38. The molecular formula is C21H20ClN5OS. The topological polar surface area (TPSA) is 62.2 Å². The third-order valence-electron chi connectivity index (χ3n) is 4.65. The summed E-state index contributed by atoms with van der Waals surface area (Å²) in [6.07, 6.45) is 3.26. The lowest BCUT2D eigenvalue weighted by atomic mass is 10.1. The quantitative estimate of drug-likeness (QED) is 0.474. The monoisotopic (exact) mass is 425 g/mol. The minimum atomic E-state index is -0.118. The van der Waals surface area contributed by atoms with Gasteiger partial charge in [-0.2, -0.15) is 0 Å². The molecule has 0 saturated carbocycles. The van der Waals surface area contributed by atoms with Crippen LogP contribution in [0.4, 0.5) is 5.13 Å². The molecule has 148 valence electrons. The van der Waals surface area contributed by atoms with Crippen molar-refractivity contribution in [3.05, 3.63) is 58.9 Å². The lowest BCUT2D eigenvalue weighted by Gasteiger charge is -2.22. The van der Waals surface area contributed by atoms with Gasteiger partial charge in [-0.25, -0.2) is 4.98 Å². The first kappa shape index (κ1) is 19.7. The van der Waals surface area contributed by atoms with Crippen molar-refractivity contribution in [3.8, 4) is 0 Å². The fourth-order valence-electron chi connectivity index (χ4n) is 3.04. The van der Waals surface area contributed by atoms with Gasteiger partial charge in [0.15, 0.2) is 5.13 Å². The number of amides is 1. The normalized spacial score (nSPS) is 11.5. The van der Waals surface area contributed by atoms with E-state index in [9.17, 15) is 4.79 Å². The summed E-state index contributed by atoms with van der Waals surface area (Å²) in [7, 11) is 3.96. The summed E-state index contributed by atoms with van der Waals surface area (Å²) in [4.78, 5) is 30.5. The molecule has 6 nitrogen and oxygen atoms in total. The van der Waals surface area contributed by atoms with E-state index in [0.29, 0.717) is 34.3 Å². The summed E-state index contributed by atoms with van der Waals surface area (Å²) in [5, 5.41) is 1.29. The zero-order valence-electron chi connectivity index (χ0n) is 16.4. The number of fused-ring (bicyclic) bond motifs is 2. The number of thiazole rings is 1. The highest BCUT2D eigenvalue weighted by Crippen LogP contribution is 2.36. The molecular weight excluding hydrogens is 406 g/mol. The Labute approximate surface area is 177 Å². The van der Waals surface area contributed by atoms with Crippen molar-refractivity contribution in [2.24, 2.45) is 0 Å². The molecule has 0 aliphatic rings. The van der Waals surface area contributed by atoms with E-state index >= 15 is 0 Å². The van der Waals surface area contributed by atoms with Crippen molar-refractivity contribution in [2.75, 3.05) is 32.1 Å². The molecule has 0 bridgehead atoms. The number of nitrogens with zero attached hydrogens (tertiary/aromatic N) is 5. The largest absolute Gasteiger partial charge is 0.308 e. The van der Waals surface area contributed by atoms with Gasteiger partial charge in [0, 0.05) is 31.0 Å². The molecule has 2 aromatic heterocycles. The van der Waals surface area contributed by atoms with Crippen molar-refractivity contribution in [1.82, 2.24) is 19.9 Å². The number of likely N-dealkylation sites (N-methyl/N-ethyl adjacent to an activating group) is 1. The molecule has 4 aromatic rings. The molecule has 29 heavy (non-hydrogen) atoms. The van der Waals surface area contributed by atoms with Gasteiger partial charge >= 0.3 is 0 Å². The van der Waals surface area contributed by atoms with E-state index < -0.39 is 0 Å². The van der Waals surface area contributed by atoms with E-state index in [1.54, 1.807) is 29.4 Å². The number of benzene rings is 2. The Kier molecular flexibility index (Phi) is 5.45. The second kappa shape index (κ2) is 8.02. The number of hydrogen-bond donors (Lipinski definition) is 0. The van der Waals surface area contributed by atoms with E-state index in [0.717, 1.165) is 21.3 Å². The molecule has 0 spiro atoms. The Morgan fingerprint density at radius 2 is 1.83 bits per heavy atom. The molecule has 4 rings (SSSR count). The predicted octanol–water partition coefficient (Wildman–Crippen LogP) is 4.41. The maximum absolute atomic E-state index is 13.4. The van der Waals surface area contributed by atoms with Crippen LogP contribution in [0.5, 0.6) is 0 Å². The first-order valence-electron chi connectivity index (χ1n) is 9.17. The van der Waals surface area contributed by atoms with E-state index in [-0.39, 0.29) is 5.91 Å². The van der Waals surface area contributed by atoms with Gasteiger partial charge in [0.05, 0.1) is 26.3 Å². The summed E-state index contributed by atoms with van der Waals surface area (Å²) in [6, 6.07) is 9.20. The minimum absolute atomic E-state index is 0.118. The van der Waals surface area contributed by atoms with Crippen LogP contribution in [0, 0.1) is 6.92 Å². The molecule has 2 heterocycles. The summed E-state index contributed by atoms with van der Waals surface area (Å²) >= 11 is 7.82. The zero-order chi connectivity index (χ0) is 20.5. The summed E-state index contributed by atoms with van der Waals surface area (Å²) < 4.78 is 0.897. The second-order valence-corrected chi connectivity index (χ2v) is 8.44. The van der Waals surface area contributed by atoms with Gasteiger partial charge in [-0.1, -0.05) is 29.0 Å². The Balaban J connectivity index is 1.77. The molecule has 0 saturated heterocycles. The van der Waals surface area contributed by atoms with Crippen molar-refractivity contribution < 1.29 is 4.79 Å². The number of aromatic nitrogens is 3. The summed E-state index contributed by atoms with van der Waals surface area (Å²) in [6.45, 7) is 3.22. The van der Waals surface area contributed by atoms with Crippen LogP contribution in [-0.2, 0) is 0 Å². The molecule has 8 heteroatoms. The number of hydrogen-bond acceptors (Lipinski definition) is 6. The summed E-state index contributed by atoms with van der Waals surface area (Å²) in [5.41, 5.74) is 3.87. The van der Waals surface area contributed by atoms with E-state index in [1.807, 2.05) is 44.1 Å². The van der Waals surface area contributed by atoms with Crippen molar-refractivity contribution in [2.45, 2.75) is 6.92 Å². The summed E-state index contributed by atoms with van der Waals surface area (Å²) in [5.74, 6) is -0.118. The number of rotatable bonds is 5.